The lowest BCUT2D eigenvalue weighted by atomic mass is 9.79. The molecule has 0 spiro atoms. The van der Waals surface area contributed by atoms with Crippen molar-refractivity contribution in [3.63, 3.8) is 0 Å². The molecule has 1 aliphatic carbocycles. The average Bonchev–Trinajstić information content (AvgIpc) is 2.71. The van der Waals surface area contributed by atoms with E-state index in [-0.39, 0.29) is 5.75 Å². The highest BCUT2D eigenvalue weighted by molar-refractivity contribution is 5.31. The molecule has 0 N–H and O–H groups in total. The molecule has 1 aromatic carbocycles. The van der Waals surface area contributed by atoms with Crippen molar-refractivity contribution in [2.45, 2.75) is 90.9 Å². The van der Waals surface area contributed by atoms with Gasteiger partial charge in [-0.1, -0.05) is 64.2 Å². The van der Waals surface area contributed by atoms with Crippen LogP contribution in [0.1, 0.15) is 90.0 Å². The van der Waals surface area contributed by atoms with Gasteiger partial charge in [-0.25, -0.2) is 4.39 Å². The third-order valence-corrected chi connectivity index (χ3v) is 5.98. The molecular formula is C25H38F2O. The van der Waals surface area contributed by atoms with Crippen molar-refractivity contribution in [2.24, 2.45) is 11.8 Å². The van der Waals surface area contributed by atoms with Crippen molar-refractivity contribution in [1.29, 1.82) is 0 Å². The normalized spacial score (nSPS) is 20.0. The Hall–Kier alpha value is -1.38. The first-order valence-corrected chi connectivity index (χ1v) is 11.4. The Kier molecular flexibility index (Phi) is 10.6. The van der Waals surface area contributed by atoms with Crippen LogP contribution >= 0.6 is 0 Å². The molecule has 1 aliphatic rings. The van der Waals surface area contributed by atoms with Crippen LogP contribution in [-0.4, -0.2) is 6.61 Å². The molecule has 0 unspecified atom stereocenters. The van der Waals surface area contributed by atoms with Crippen LogP contribution in [0.2, 0.25) is 0 Å². The summed E-state index contributed by atoms with van der Waals surface area (Å²) in [7, 11) is 0. The highest BCUT2D eigenvalue weighted by Crippen LogP contribution is 2.33. The van der Waals surface area contributed by atoms with Crippen LogP contribution in [-0.2, 0) is 6.42 Å². The maximum Gasteiger partial charge on any atom is 0.200 e. The molecule has 1 nitrogen and oxygen atoms in total. The minimum Gasteiger partial charge on any atom is -0.490 e. The molecule has 158 valence electrons. The molecule has 1 aromatic rings. The summed E-state index contributed by atoms with van der Waals surface area (Å²) in [6, 6.07) is 3.22. The first-order chi connectivity index (χ1) is 13.7. The molecule has 3 heteroatoms. The molecule has 0 atom stereocenters. The molecule has 0 heterocycles. The molecule has 0 aliphatic heterocycles. The lowest BCUT2D eigenvalue weighted by molar-refractivity contribution is 0.288. The number of aryl methyl sites for hydroxylation is 1. The van der Waals surface area contributed by atoms with E-state index in [0.29, 0.717) is 24.5 Å². The first-order valence-electron chi connectivity index (χ1n) is 11.4. The minimum atomic E-state index is -0.848. The van der Waals surface area contributed by atoms with Crippen LogP contribution in [0.4, 0.5) is 8.78 Å². The summed E-state index contributed by atoms with van der Waals surface area (Å²) in [5.41, 5.74) is 0.435. The topological polar surface area (TPSA) is 9.23 Å². The molecule has 0 amide bonds. The SMILES string of the molecule is CCCCCC1CCC(/C=C/CCc2ccc(OCCCC)c(F)c2F)CC1. The number of hydrogen-bond donors (Lipinski definition) is 0. The second kappa shape index (κ2) is 13.0. The summed E-state index contributed by atoms with van der Waals surface area (Å²) in [6.07, 6.45) is 18.2. The molecule has 0 bridgehead atoms. The molecule has 1 fully saturated rings. The molecule has 0 radical (unpaired) electrons. The monoisotopic (exact) mass is 392 g/mol. The van der Waals surface area contributed by atoms with E-state index in [9.17, 15) is 8.78 Å². The van der Waals surface area contributed by atoms with E-state index in [1.165, 1.54) is 51.4 Å². The Balaban J connectivity index is 1.72. The van der Waals surface area contributed by atoms with E-state index in [4.69, 9.17) is 4.74 Å². The van der Waals surface area contributed by atoms with E-state index < -0.39 is 11.6 Å². The van der Waals surface area contributed by atoms with Gasteiger partial charge in [0.1, 0.15) is 0 Å². The quantitative estimate of drug-likeness (QED) is 0.258. The number of ether oxygens (including phenoxy) is 1. The van der Waals surface area contributed by atoms with Gasteiger partial charge in [-0.3, -0.25) is 0 Å². The van der Waals surface area contributed by atoms with E-state index in [1.54, 1.807) is 12.1 Å². The second-order valence-electron chi connectivity index (χ2n) is 8.30. The molecule has 2 rings (SSSR count). The van der Waals surface area contributed by atoms with Crippen molar-refractivity contribution in [3.8, 4) is 5.75 Å². The molecule has 28 heavy (non-hydrogen) atoms. The number of unbranched alkanes of at least 4 members (excludes halogenated alkanes) is 3. The smallest absolute Gasteiger partial charge is 0.200 e. The first kappa shape index (κ1) is 22.9. The second-order valence-corrected chi connectivity index (χ2v) is 8.30. The minimum absolute atomic E-state index is 0.0286. The van der Waals surface area contributed by atoms with Gasteiger partial charge < -0.3 is 4.74 Å². The van der Waals surface area contributed by atoms with Gasteiger partial charge in [-0.15, -0.1) is 0 Å². The fourth-order valence-electron chi connectivity index (χ4n) is 4.08. The van der Waals surface area contributed by atoms with Gasteiger partial charge in [0.2, 0.25) is 5.82 Å². The van der Waals surface area contributed by atoms with Crippen LogP contribution in [0.15, 0.2) is 24.3 Å². The van der Waals surface area contributed by atoms with Crippen molar-refractivity contribution >= 4 is 0 Å². The number of hydrogen-bond acceptors (Lipinski definition) is 1. The van der Waals surface area contributed by atoms with E-state index in [2.05, 4.69) is 19.1 Å². The Morgan fingerprint density at radius 3 is 2.43 bits per heavy atom. The summed E-state index contributed by atoms with van der Waals surface area (Å²) in [4.78, 5) is 0. The molecule has 0 saturated heterocycles. The van der Waals surface area contributed by atoms with Gasteiger partial charge in [0.15, 0.2) is 11.6 Å². The average molecular weight is 393 g/mol. The largest absolute Gasteiger partial charge is 0.490 e. The maximum atomic E-state index is 14.2. The lowest BCUT2D eigenvalue weighted by Crippen LogP contribution is -2.13. The van der Waals surface area contributed by atoms with Gasteiger partial charge in [-0.2, -0.15) is 4.39 Å². The Morgan fingerprint density at radius 2 is 1.71 bits per heavy atom. The summed E-state index contributed by atoms with van der Waals surface area (Å²) in [5, 5.41) is 0. The van der Waals surface area contributed by atoms with E-state index in [1.807, 2.05) is 6.92 Å². The zero-order valence-corrected chi connectivity index (χ0v) is 17.8. The standard InChI is InChI=1S/C25H38F2O/c1-3-5-7-10-20-13-15-21(16-14-20)11-8-9-12-22-17-18-23(25(27)24(22)26)28-19-6-4-2/h8,11,17-18,20-21H,3-7,9-10,12-16,19H2,1-2H3/b11-8+. The third kappa shape index (κ3) is 7.56. The highest BCUT2D eigenvalue weighted by atomic mass is 19.2. The number of allylic oxidation sites excluding steroid dienone is 2. The van der Waals surface area contributed by atoms with Crippen LogP contribution in [0, 0.1) is 23.5 Å². The summed E-state index contributed by atoms with van der Waals surface area (Å²) in [6.45, 7) is 4.73. The van der Waals surface area contributed by atoms with Gasteiger partial charge in [-0.05, 0) is 68.4 Å². The fraction of sp³-hybridized carbons (Fsp3) is 0.680. The van der Waals surface area contributed by atoms with E-state index in [0.717, 1.165) is 25.2 Å². The van der Waals surface area contributed by atoms with E-state index >= 15 is 0 Å². The third-order valence-electron chi connectivity index (χ3n) is 5.98. The Bertz CT molecular complexity index is 588. The van der Waals surface area contributed by atoms with Crippen LogP contribution in [0.5, 0.6) is 5.75 Å². The fourth-order valence-corrected chi connectivity index (χ4v) is 4.08. The zero-order chi connectivity index (χ0) is 20.2. The lowest BCUT2D eigenvalue weighted by Gasteiger charge is -2.26. The highest BCUT2D eigenvalue weighted by Gasteiger charge is 2.19. The van der Waals surface area contributed by atoms with Crippen molar-refractivity contribution in [3.05, 3.63) is 41.5 Å². The van der Waals surface area contributed by atoms with Crippen LogP contribution < -0.4 is 4.74 Å². The molecule has 0 aromatic heterocycles. The Labute approximate surface area is 170 Å². The van der Waals surface area contributed by atoms with Crippen molar-refractivity contribution in [1.82, 2.24) is 0 Å². The molecule has 1 saturated carbocycles. The summed E-state index contributed by atoms with van der Waals surface area (Å²) < 4.78 is 33.7. The zero-order valence-electron chi connectivity index (χ0n) is 17.8. The maximum absolute atomic E-state index is 14.2. The van der Waals surface area contributed by atoms with Crippen molar-refractivity contribution < 1.29 is 13.5 Å². The number of benzene rings is 1. The van der Waals surface area contributed by atoms with Gasteiger partial charge in [0, 0.05) is 0 Å². The summed E-state index contributed by atoms with van der Waals surface area (Å²) in [5.74, 6) is 0.0135. The van der Waals surface area contributed by atoms with Crippen molar-refractivity contribution in [2.75, 3.05) is 6.61 Å². The van der Waals surface area contributed by atoms with Gasteiger partial charge >= 0.3 is 0 Å². The number of rotatable bonds is 12. The summed E-state index contributed by atoms with van der Waals surface area (Å²) >= 11 is 0. The van der Waals surface area contributed by atoms with Crippen LogP contribution in [0.25, 0.3) is 0 Å². The van der Waals surface area contributed by atoms with Gasteiger partial charge in [0.05, 0.1) is 6.61 Å². The Morgan fingerprint density at radius 1 is 0.964 bits per heavy atom. The van der Waals surface area contributed by atoms with Gasteiger partial charge in [0.25, 0.3) is 0 Å². The van der Waals surface area contributed by atoms with Crippen LogP contribution in [0.3, 0.4) is 0 Å². The number of halogens is 2. The molecular weight excluding hydrogens is 354 g/mol. The predicted octanol–water partition coefficient (Wildman–Crippen LogP) is 8.02. The predicted molar refractivity (Wildman–Crippen MR) is 114 cm³/mol.